The lowest BCUT2D eigenvalue weighted by molar-refractivity contribution is 0.423. The largest absolute Gasteiger partial charge is 0.508 e. The molecule has 7 nitrogen and oxygen atoms in total. The molecule has 0 aliphatic carbocycles. The van der Waals surface area contributed by atoms with E-state index < -0.39 is 0 Å². The van der Waals surface area contributed by atoms with Crippen LogP contribution in [0.25, 0.3) is 23.1 Å². The van der Waals surface area contributed by atoms with Gasteiger partial charge in [0.1, 0.15) is 11.5 Å². The predicted molar refractivity (Wildman–Crippen MR) is 64.1 cm³/mol. The minimum Gasteiger partial charge on any atom is -0.508 e. The van der Waals surface area contributed by atoms with Crippen molar-refractivity contribution in [3.8, 4) is 34.6 Å². The summed E-state index contributed by atoms with van der Waals surface area (Å²) in [7, 11) is 0. The third-order valence-electron chi connectivity index (χ3n) is 2.40. The summed E-state index contributed by atoms with van der Waals surface area (Å²) >= 11 is 0. The van der Waals surface area contributed by atoms with Gasteiger partial charge in [0.05, 0.1) is 5.56 Å². The van der Waals surface area contributed by atoms with Gasteiger partial charge in [-0.05, 0) is 24.3 Å². The smallest absolute Gasteiger partial charge is 0.262 e. The van der Waals surface area contributed by atoms with E-state index in [0.717, 1.165) is 0 Å². The number of phenolic OH excluding ortho intramolecular Hbond substituents is 2. The average Bonchev–Trinajstić information content (AvgIpc) is 2.92. The summed E-state index contributed by atoms with van der Waals surface area (Å²) in [6.07, 6.45) is 3.12. The van der Waals surface area contributed by atoms with Crippen LogP contribution in [0.4, 0.5) is 0 Å². The molecule has 0 aliphatic heterocycles. The maximum Gasteiger partial charge on any atom is 0.262 e. The van der Waals surface area contributed by atoms with Gasteiger partial charge in [0.15, 0.2) is 0 Å². The van der Waals surface area contributed by atoms with E-state index in [4.69, 9.17) is 4.52 Å². The van der Waals surface area contributed by atoms with Gasteiger partial charge in [-0.15, -0.1) is 0 Å². The van der Waals surface area contributed by atoms with Crippen LogP contribution in [0.15, 0.2) is 41.2 Å². The standard InChI is InChI=1S/C12H8N4O3/c17-7-2-3-9(18)8(6-7)12-15-11(16-19-12)10-13-4-1-5-14-10/h1-6,17-18H. The van der Waals surface area contributed by atoms with E-state index in [1.165, 1.54) is 18.2 Å². The summed E-state index contributed by atoms with van der Waals surface area (Å²) in [6.45, 7) is 0. The number of phenols is 2. The Balaban J connectivity index is 2.04. The maximum atomic E-state index is 9.70. The monoisotopic (exact) mass is 256 g/mol. The number of hydrogen-bond donors (Lipinski definition) is 2. The lowest BCUT2D eigenvalue weighted by Crippen LogP contribution is -1.88. The highest BCUT2D eigenvalue weighted by atomic mass is 16.5. The van der Waals surface area contributed by atoms with Crippen molar-refractivity contribution in [3.63, 3.8) is 0 Å². The van der Waals surface area contributed by atoms with Crippen molar-refractivity contribution >= 4 is 0 Å². The second-order valence-electron chi connectivity index (χ2n) is 3.70. The Labute approximate surface area is 107 Å². The van der Waals surface area contributed by atoms with Gasteiger partial charge in [-0.2, -0.15) is 4.98 Å². The van der Waals surface area contributed by atoms with Gasteiger partial charge in [-0.1, -0.05) is 5.16 Å². The molecule has 1 aromatic carbocycles. The van der Waals surface area contributed by atoms with Crippen LogP contribution in [-0.4, -0.2) is 30.3 Å². The molecule has 0 spiro atoms. The second-order valence-corrected chi connectivity index (χ2v) is 3.70. The van der Waals surface area contributed by atoms with E-state index in [9.17, 15) is 10.2 Å². The minimum atomic E-state index is -0.0676. The molecular formula is C12H8N4O3. The van der Waals surface area contributed by atoms with Gasteiger partial charge >= 0.3 is 0 Å². The molecule has 0 radical (unpaired) electrons. The van der Waals surface area contributed by atoms with E-state index in [-0.39, 0.29) is 28.8 Å². The molecule has 0 fully saturated rings. The Morgan fingerprint density at radius 1 is 1.00 bits per heavy atom. The molecule has 2 aromatic heterocycles. The first-order valence-electron chi connectivity index (χ1n) is 5.37. The average molecular weight is 256 g/mol. The Morgan fingerprint density at radius 3 is 2.58 bits per heavy atom. The molecule has 0 amide bonds. The maximum absolute atomic E-state index is 9.70. The fourth-order valence-corrected chi connectivity index (χ4v) is 1.53. The topological polar surface area (TPSA) is 105 Å². The molecule has 0 unspecified atom stereocenters. The van der Waals surface area contributed by atoms with Crippen LogP contribution in [0.5, 0.6) is 11.5 Å². The molecular weight excluding hydrogens is 248 g/mol. The number of hydrogen-bond acceptors (Lipinski definition) is 7. The first kappa shape index (κ1) is 11.1. The summed E-state index contributed by atoms with van der Waals surface area (Å²) in [5.74, 6) is 0.525. The van der Waals surface area contributed by atoms with Crippen molar-refractivity contribution in [1.82, 2.24) is 20.1 Å². The molecule has 94 valence electrons. The molecule has 0 atom stereocenters. The Morgan fingerprint density at radius 2 is 1.79 bits per heavy atom. The van der Waals surface area contributed by atoms with Crippen LogP contribution in [0.1, 0.15) is 0 Å². The van der Waals surface area contributed by atoms with Crippen molar-refractivity contribution in [1.29, 1.82) is 0 Å². The van der Waals surface area contributed by atoms with E-state index >= 15 is 0 Å². The summed E-state index contributed by atoms with van der Waals surface area (Å²) in [6, 6.07) is 5.70. The van der Waals surface area contributed by atoms with Crippen LogP contribution in [0.2, 0.25) is 0 Å². The van der Waals surface area contributed by atoms with Gasteiger partial charge in [0.25, 0.3) is 5.89 Å². The summed E-state index contributed by atoms with van der Waals surface area (Å²) in [5, 5.41) is 22.8. The third-order valence-corrected chi connectivity index (χ3v) is 2.40. The molecule has 0 bridgehead atoms. The Bertz CT molecular complexity index is 712. The quantitative estimate of drug-likeness (QED) is 0.671. The highest BCUT2D eigenvalue weighted by Crippen LogP contribution is 2.31. The zero-order valence-electron chi connectivity index (χ0n) is 9.56. The van der Waals surface area contributed by atoms with Gasteiger partial charge < -0.3 is 14.7 Å². The SMILES string of the molecule is Oc1ccc(O)c(-c2nc(-c3ncccn3)no2)c1. The molecule has 7 heteroatoms. The van der Waals surface area contributed by atoms with E-state index in [2.05, 4.69) is 20.1 Å². The van der Waals surface area contributed by atoms with Crippen LogP contribution in [0.3, 0.4) is 0 Å². The van der Waals surface area contributed by atoms with Crippen LogP contribution < -0.4 is 0 Å². The number of aromatic nitrogens is 4. The summed E-state index contributed by atoms with van der Waals surface area (Å²) in [5.41, 5.74) is 0.245. The molecule has 2 N–H and O–H groups in total. The van der Waals surface area contributed by atoms with Crippen LogP contribution >= 0.6 is 0 Å². The molecule has 3 rings (SSSR count). The number of aromatic hydroxyl groups is 2. The Kier molecular flexibility index (Phi) is 2.57. The zero-order chi connectivity index (χ0) is 13.2. The molecule has 2 heterocycles. The fraction of sp³-hybridized carbons (Fsp3) is 0. The predicted octanol–water partition coefficient (Wildman–Crippen LogP) is 1.60. The molecule has 0 saturated heterocycles. The highest BCUT2D eigenvalue weighted by Gasteiger charge is 2.15. The number of rotatable bonds is 2. The number of benzene rings is 1. The zero-order valence-corrected chi connectivity index (χ0v) is 9.56. The highest BCUT2D eigenvalue weighted by molar-refractivity contribution is 5.65. The molecule has 0 aliphatic rings. The van der Waals surface area contributed by atoms with Crippen molar-refractivity contribution in [2.45, 2.75) is 0 Å². The first-order chi connectivity index (χ1) is 9.24. The van der Waals surface area contributed by atoms with Gasteiger partial charge in [0, 0.05) is 12.4 Å². The lowest BCUT2D eigenvalue weighted by atomic mass is 10.2. The molecule has 0 saturated carbocycles. The second kappa shape index (κ2) is 4.37. The molecule has 19 heavy (non-hydrogen) atoms. The van der Waals surface area contributed by atoms with Crippen molar-refractivity contribution in [2.75, 3.05) is 0 Å². The molecule has 3 aromatic rings. The summed E-state index contributed by atoms with van der Waals surface area (Å²) in [4.78, 5) is 12.1. The number of nitrogens with zero attached hydrogens (tertiary/aromatic N) is 4. The van der Waals surface area contributed by atoms with Crippen LogP contribution in [0, 0.1) is 0 Å². The van der Waals surface area contributed by atoms with Gasteiger partial charge in [0.2, 0.25) is 11.6 Å². The Hall–Kier alpha value is -2.96. The normalized spacial score (nSPS) is 10.5. The summed E-state index contributed by atoms with van der Waals surface area (Å²) < 4.78 is 5.03. The van der Waals surface area contributed by atoms with Crippen molar-refractivity contribution < 1.29 is 14.7 Å². The fourth-order valence-electron chi connectivity index (χ4n) is 1.53. The minimum absolute atomic E-state index is 0.0106. The van der Waals surface area contributed by atoms with Gasteiger partial charge in [-0.3, -0.25) is 0 Å². The van der Waals surface area contributed by atoms with E-state index in [0.29, 0.717) is 5.82 Å². The van der Waals surface area contributed by atoms with E-state index in [1.807, 2.05) is 0 Å². The van der Waals surface area contributed by atoms with E-state index in [1.54, 1.807) is 18.5 Å². The van der Waals surface area contributed by atoms with Crippen molar-refractivity contribution in [2.24, 2.45) is 0 Å². The third kappa shape index (κ3) is 2.08. The first-order valence-corrected chi connectivity index (χ1v) is 5.37. The van der Waals surface area contributed by atoms with Gasteiger partial charge in [-0.25, -0.2) is 9.97 Å². The van der Waals surface area contributed by atoms with Crippen LogP contribution in [-0.2, 0) is 0 Å². The lowest BCUT2D eigenvalue weighted by Gasteiger charge is -1.99. The van der Waals surface area contributed by atoms with Crippen molar-refractivity contribution in [3.05, 3.63) is 36.7 Å².